The summed E-state index contributed by atoms with van der Waals surface area (Å²) in [6.45, 7) is -0.581. The molecule has 1 aromatic heterocycles. The number of ether oxygens (including phenoxy) is 2. The Kier molecular flexibility index (Phi) is 5.37. The summed E-state index contributed by atoms with van der Waals surface area (Å²) in [6.07, 6.45) is 1.13. The van der Waals surface area contributed by atoms with Gasteiger partial charge in [-0.3, -0.25) is 9.59 Å². The molecule has 0 aliphatic carbocycles. The first-order chi connectivity index (χ1) is 16.8. The molecule has 5 rings (SSSR count). The molecule has 0 saturated heterocycles. The van der Waals surface area contributed by atoms with Crippen LogP contribution in [0.2, 0.25) is 0 Å². The molecule has 3 aromatic carbocycles. The molecular formula is C26H18O9. The Morgan fingerprint density at radius 1 is 1.06 bits per heavy atom. The number of hydrogen-bond acceptors (Lipinski definition) is 8. The van der Waals surface area contributed by atoms with Crippen LogP contribution in [0.3, 0.4) is 0 Å². The van der Waals surface area contributed by atoms with E-state index in [1.54, 1.807) is 36.4 Å². The lowest BCUT2D eigenvalue weighted by molar-refractivity contribution is -0.139. The second-order valence-electron chi connectivity index (χ2n) is 7.99. The van der Waals surface area contributed by atoms with Crippen molar-refractivity contribution in [2.75, 3.05) is 6.61 Å². The van der Waals surface area contributed by atoms with Gasteiger partial charge in [-0.15, -0.1) is 0 Å². The SMILES string of the molecule is O=C(O)COc1ccccc1[C@H]1CC(=O)Oc2cc(O)c3c(=O)c(-c4ccc(O)cc4)coc3c21. The van der Waals surface area contributed by atoms with Crippen molar-refractivity contribution in [1.82, 2.24) is 0 Å². The minimum atomic E-state index is -1.16. The third-order valence-corrected chi connectivity index (χ3v) is 5.79. The van der Waals surface area contributed by atoms with Crippen molar-refractivity contribution in [3.8, 4) is 34.1 Å². The third-order valence-electron chi connectivity index (χ3n) is 5.79. The number of aromatic hydroxyl groups is 2. The van der Waals surface area contributed by atoms with E-state index in [0.29, 0.717) is 16.7 Å². The van der Waals surface area contributed by atoms with Gasteiger partial charge in [-0.05, 0) is 23.8 Å². The predicted octanol–water partition coefficient (Wildman–Crippen LogP) is 3.78. The molecule has 0 saturated carbocycles. The fraction of sp³-hybridized carbons (Fsp3) is 0.115. The van der Waals surface area contributed by atoms with Gasteiger partial charge >= 0.3 is 11.9 Å². The number of rotatable bonds is 5. The summed E-state index contributed by atoms with van der Waals surface area (Å²) in [5, 5.41) is 29.2. The Labute approximate surface area is 197 Å². The van der Waals surface area contributed by atoms with Crippen molar-refractivity contribution in [2.45, 2.75) is 12.3 Å². The van der Waals surface area contributed by atoms with Gasteiger partial charge in [-0.2, -0.15) is 0 Å². The summed E-state index contributed by atoms with van der Waals surface area (Å²) < 4.78 is 16.7. The van der Waals surface area contributed by atoms with Crippen LogP contribution in [0, 0.1) is 0 Å². The van der Waals surface area contributed by atoms with Crippen LogP contribution >= 0.6 is 0 Å². The van der Waals surface area contributed by atoms with Crippen molar-refractivity contribution in [3.63, 3.8) is 0 Å². The van der Waals surface area contributed by atoms with E-state index in [1.807, 2.05) is 0 Å². The number of carbonyl (C=O) groups excluding carboxylic acids is 1. The molecule has 0 radical (unpaired) electrons. The van der Waals surface area contributed by atoms with Crippen LogP contribution in [0.1, 0.15) is 23.5 Å². The summed E-state index contributed by atoms with van der Waals surface area (Å²) in [6, 6.07) is 13.8. The van der Waals surface area contributed by atoms with Crippen molar-refractivity contribution >= 4 is 22.9 Å². The molecule has 0 unspecified atom stereocenters. The van der Waals surface area contributed by atoms with Crippen LogP contribution in [-0.2, 0) is 9.59 Å². The van der Waals surface area contributed by atoms with E-state index in [0.717, 1.165) is 0 Å². The third kappa shape index (κ3) is 3.93. The van der Waals surface area contributed by atoms with Gasteiger partial charge < -0.3 is 29.2 Å². The molecule has 0 fully saturated rings. The predicted molar refractivity (Wildman–Crippen MR) is 123 cm³/mol. The molecule has 9 heteroatoms. The topological polar surface area (TPSA) is 144 Å². The van der Waals surface area contributed by atoms with Gasteiger partial charge in [-0.1, -0.05) is 30.3 Å². The Balaban J connectivity index is 1.73. The van der Waals surface area contributed by atoms with Gasteiger partial charge in [0.2, 0.25) is 5.43 Å². The molecular weight excluding hydrogens is 456 g/mol. The average molecular weight is 474 g/mol. The van der Waals surface area contributed by atoms with Crippen molar-refractivity contribution in [2.24, 2.45) is 0 Å². The second kappa shape index (κ2) is 8.53. The normalized spacial score (nSPS) is 14.9. The van der Waals surface area contributed by atoms with Crippen molar-refractivity contribution < 1.29 is 38.8 Å². The maximum Gasteiger partial charge on any atom is 0.341 e. The van der Waals surface area contributed by atoms with Gasteiger partial charge in [0.25, 0.3) is 0 Å². The summed E-state index contributed by atoms with van der Waals surface area (Å²) >= 11 is 0. The Bertz CT molecular complexity index is 1530. The zero-order valence-corrected chi connectivity index (χ0v) is 18.1. The van der Waals surface area contributed by atoms with Crippen LogP contribution in [0.5, 0.6) is 23.0 Å². The summed E-state index contributed by atoms with van der Waals surface area (Å²) in [4.78, 5) is 36.8. The van der Waals surface area contributed by atoms with Crippen LogP contribution in [-0.4, -0.2) is 33.9 Å². The second-order valence-corrected chi connectivity index (χ2v) is 7.99. The lowest BCUT2D eigenvalue weighted by Crippen LogP contribution is -2.23. The number of fused-ring (bicyclic) bond motifs is 3. The highest BCUT2D eigenvalue weighted by Gasteiger charge is 2.35. The van der Waals surface area contributed by atoms with Gasteiger partial charge in [0.15, 0.2) is 6.61 Å². The Morgan fingerprint density at radius 2 is 1.80 bits per heavy atom. The summed E-state index contributed by atoms with van der Waals surface area (Å²) in [5.41, 5.74) is 1.04. The van der Waals surface area contributed by atoms with Gasteiger partial charge in [-0.25, -0.2) is 4.79 Å². The molecule has 1 aliphatic rings. The lowest BCUT2D eigenvalue weighted by atomic mass is 9.84. The van der Waals surface area contributed by atoms with Crippen LogP contribution < -0.4 is 14.9 Å². The molecule has 0 amide bonds. The number of carbonyl (C=O) groups is 2. The van der Waals surface area contributed by atoms with E-state index in [2.05, 4.69) is 0 Å². The number of phenolic OH excluding ortho intramolecular Hbond substituents is 2. The van der Waals surface area contributed by atoms with Crippen LogP contribution in [0.15, 0.2) is 70.1 Å². The highest BCUT2D eigenvalue weighted by Crippen LogP contribution is 2.47. The number of benzene rings is 3. The Morgan fingerprint density at radius 3 is 2.54 bits per heavy atom. The van der Waals surface area contributed by atoms with Gasteiger partial charge in [0.05, 0.1) is 12.0 Å². The molecule has 3 N–H and O–H groups in total. The fourth-order valence-corrected chi connectivity index (χ4v) is 4.28. The first-order valence-electron chi connectivity index (χ1n) is 10.6. The van der Waals surface area contributed by atoms with Crippen molar-refractivity contribution in [3.05, 3.63) is 82.2 Å². The number of carboxylic acids is 1. The number of para-hydroxylation sites is 1. The number of carboxylic acid groups (broad SMARTS) is 1. The largest absolute Gasteiger partial charge is 0.508 e. The van der Waals surface area contributed by atoms with E-state index < -0.39 is 35.6 Å². The van der Waals surface area contributed by atoms with E-state index in [-0.39, 0.29) is 40.2 Å². The molecule has 4 aromatic rings. The van der Waals surface area contributed by atoms with E-state index in [1.165, 1.54) is 24.5 Å². The molecule has 1 atom stereocenters. The standard InChI is InChI=1S/C26H18O9/c27-14-7-5-13(6-8-14)17-11-34-26-23-16(15-3-1-2-4-19(15)33-12-21(29)30)9-22(31)35-20(23)10-18(28)24(26)25(17)32/h1-8,10-11,16,27-28H,9,12H2,(H,29,30)/t16-/m1/s1. The molecule has 0 bridgehead atoms. The van der Waals surface area contributed by atoms with Crippen LogP contribution in [0.4, 0.5) is 0 Å². The molecule has 2 heterocycles. The number of phenols is 2. The number of esters is 1. The quantitative estimate of drug-likeness (QED) is 0.291. The van der Waals surface area contributed by atoms with E-state index in [4.69, 9.17) is 19.0 Å². The highest BCUT2D eigenvalue weighted by atomic mass is 16.5. The smallest absolute Gasteiger partial charge is 0.341 e. The molecule has 1 aliphatic heterocycles. The maximum atomic E-state index is 13.4. The van der Waals surface area contributed by atoms with Gasteiger partial charge in [0.1, 0.15) is 40.2 Å². The fourth-order valence-electron chi connectivity index (χ4n) is 4.28. The molecule has 35 heavy (non-hydrogen) atoms. The van der Waals surface area contributed by atoms with E-state index in [9.17, 15) is 24.6 Å². The van der Waals surface area contributed by atoms with Gasteiger partial charge in [0, 0.05) is 23.1 Å². The zero-order valence-electron chi connectivity index (χ0n) is 18.1. The first kappa shape index (κ1) is 22.0. The van der Waals surface area contributed by atoms with Crippen LogP contribution in [0.25, 0.3) is 22.1 Å². The van der Waals surface area contributed by atoms with E-state index >= 15 is 0 Å². The first-order valence-corrected chi connectivity index (χ1v) is 10.6. The Hall–Kier alpha value is -4.79. The average Bonchev–Trinajstić information content (AvgIpc) is 2.83. The maximum absolute atomic E-state index is 13.4. The number of hydrogen-bond donors (Lipinski definition) is 3. The minimum absolute atomic E-state index is 0.0317. The molecule has 176 valence electrons. The summed E-state index contributed by atoms with van der Waals surface area (Å²) in [7, 11) is 0. The zero-order chi connectivity index (χ0) is 24.7. The van der Waals surface area contributed by atoms with Crippen molar-refractivity contribution in [1.29, 1.82) is 0 Å². The monoisotopic (exact) mass is 474 g/mol. The highest BCUT2D eigenvalue weighted by molar-refractivity contribution is 5.94. The lowest BCUT2D eigenvalue weighted by Gasteiger charge is -2.27. The molecule has 9 nitrogen and oxygen atoms in total. The number of aliphatic carboxylic acids is 1. The summed E-state index contributed by atoms with van der Waals surface area (Å²) in [5.74, 6) is -2.53. The molecule has 0 spiro atoms. The minimum Gasteiger partial charge on any atom is -0.508 e.